The summed E-state index contributed by atoms with van der Waals surface area (Å²) in [6.45, 7) is 0.752. The number of hydrogen-bond donors (Lipinski definition) is 1. The number of hydrogen-bond acceptors (Lipinski definition) is 2. The van der Waals surface area contributed by atoms with Crippen LogP contribution in [0.25, 0.3) is 0 Å². The first-order valence-electron chi connectivity index (χ1n) is 9.22. The zero-order chi connectivity index (χ0) is 14.9. The Kier molecular flexibility index (Phi) is 2.73. The molecular formula is C18H26N2O2. The Morgan fingerprint density at radius 1 is 1.05 bits per heavy atom. The number of rotatable bonds is 3. The Morgan fingerprint density at radius 2 is 1.64 bits per heavy atom. The molecule has 2 amide bonds. The van der Waals surface area contributed by atoms with E-state index in [-0.39, 0.29) is 23.3 Å². The van der Waals surface area contributed by atoms with Crippen LogP contribution in [0.5, 0.6) is 0 Å². The van der Waals surface area contributed by atoms with Gasteiger partial charge in [-0.1, -0.05) is 0 Å². The van der Waals surface area contributed by atoms with Gasteiger partial charge in [-0.25, -0.2) is 0 Å². The van der Waals surface area contributed by atoms with Gasteiger partial charge >= 0.3 is 0 Å². The van der Waals surface area contributed by atoms with Crippen molar-refractivity contribution in [2.75, 3.05) is 6.54 Å². The van der Waals surface area contributed by atoms with Gasteiger partial charge in [-0.2, -0.15) is 0 Å². The summed E-state index contributed by atoms with van der Waals surface area (Å²) < 4.78 is 0. The first-order chi connectivity index (χ1) is 10.6. The molecule has 6 fully saturated rings. The standard InChI is InChI=1S/C18H26N2O2/c21-16-6-14(10-20(16)15-1-2-15)19-17(22)18-7-11-3-12(8-18)5-13(4-11)9-18/h11-15H,1-10H2,(H,19,22). The van der Waals surface area contributed by atoms with E-state index in [2.05, 4.69) is 5.32 Å². The zero-order valence-electron chi connectivity index (χ0n) is 13.2. The zero-order valence-corrected chi connectivity index (χ0v) is 13.2. The third-order valence-corrected chi connectivity index (χ3v) is 7.00. The highest BCUT2D eigenvalue weighted by atomic mass is 16.2. The van der Waals surface area contributed by atoms with E-state index in [4.69, 9.17) is 0 Å². The minimum absolute atomic E-state index is 0.0635. The molecule has 1 aliphatic heterocycles. The van der Waals surface area contributed by atoms with E-state index in [1.165, 1.54) is 19.3 Å². The van der Waals surface area contributed by atoms with Crippen molar-refractivity contribution in [3.63, 3.8) is 0 Å². The van der Waals surface area contributed by atoms with Crippen LogP contribution < -0.4 is 5.32 Å². The molecule has 0 spiro atoms. The molecule has 0 aromatic rings. The quantitative estimate of drug-likeness (QED) is 0.868. The van der Waals surface area contributed by atoms with Crippen LogP contribution in [0.15, 0.2) is 0 Å². The van der Waals surface area contributed by atoms with Crippen molar-refractivity contribution >= 4 is 11.8 Å². The maximum absolute atomic E-state index is 13.0. The van der Waals surface area contributed by atoms with Gasteiger partial charge in [0.1, 0.15) is 0 Å². The van der Waals surface area contributed by atoms with E-state index in [9.17, 15) is 9.59 Å². The molecule has 1 heterocycles. The number of amides is 2. The third-order valence-electron chi connectivity index (χ3n) is 7.00. The average Bonchev–Trinajstić information content (AvgIpc) is 3.22. The lowest BCUT2D eigenvalue weighted by Crippen LogP contribution is -2.55. The summed E-state index contributed by atoms with van der Waals surface area (Å²) in [4.78, 5) is 27.1. The van der Waals surface area contributed by atoms with Crippen molar-refractivity contribution in [3.05, 3.63) is 0 Å². The van der Waals surface area contributed by atoms with E-state index in [0.29, 0.717) is 12.5 Å². The van der Waals surface area contributed by atoms with E-state index in [1.54, 1.807) is 0 Å². The van der Waals surface area contributed by atoms with Crippen LogP contribution in [0.3, 0.4) is 0 Å². The minimum Gasteiger partial charge on any atom is -0.351 e. The van der Waals surface area contributed by atoms with E-state index < -0.39 is 0 Å². The van der Waals surface area contributed by atoms with Crippen LogP contribution >= 0.6 is 0 Å². The van der Waals surface area contributed by atoms with Crippen LogP contribution in [0.2, 0.25) is 0 Å². The lowest BCUT2D eigenvalue weighted by molar-refractivity contribution is -0.146. The maximum atomic E-state index is 13.0. The molecule has 120 valence electrons. The van der Waals surface area contributed by atoms with E-state index in [0.717, 1.165) is 56.4 Å². The van der Waals surface area contributed by atoms with Crippen molar-refractivity contribution < 1.29 is 9.59 Å². The summed E-state index contributed by atoms with van der Waals surface area (Å²) in [6.07, 6.45) is 10.3. The Hall–Kier alpha value is -1.06. The topological polar surface area (TPSA) is 49.4 Å². The molecule has 4 nitrogen and oxygen atoms in total. The Balaban J connectivity index is 1.28. The molecule has 1 unspecified atom stereocenters. The van der Waals surface area contributed by atoms with E-state index in [1.807, 2.05) is 4.90 Å². The molecule has 1 atom stereocenters. The normalized spacial score (nSPS) is 46.4. The van der Waals surface area contributed by atoms with E-state index >= 15 is 0 Å². The summed E-state index contributed by atoms with van der Waals surface area (Å²) in [5.74, 6) is 2.92. The van der Waals surface area contributed by atoms with Crippen LogP contribution in [-0.2, 0) is 9.59 Å². The lowest BCUT2D eigenvalue weighted by atomic mass is 9.49. The second kappa shape index (κ2) is 4.48. The summed E-state index contributed by atoms with van der Waals surface area (Å²) in [7, 11) is 0. The van der Waals surface area contributed by atoms with Crippen LogP contribution in [-0.4, -0.2) is 35.3 Å². The molecule has 4 heteroatoms. The number of carbonyl (C=O) groups is 2. The molecule has 5 saturated carbocycles. The maximum Gasteiger partial charge on any atom is 0.226 e. The average molecular weight is 302 g/mol. The summed E-state index contributed by atoms with van der Waals surface area (Å²) in [5.41, 5.74) is -0.0786. The second-order valence-electron chi connectivity index (χ2n) is 8.85. The molecule has 1 saturated heterocycles. The molecule has 0 radical (unpaired) electrons. The summed E-state index contributed by atoms with van der Waals surface area (Å²) >= 11 is 0. The molecule has 6 aliphatic rings. The number of likely N-dealkylation sites (tertiary alicyclic amines) is 1. The first-order valence-corrected chi connectivity index (χ1v) is 9.22. The smallest absolute Gasteiger partial charge is 0.226 e. The van der Waals surface area contributed by atoms with Crippen molar-refractivity contribution in [2.45, 2.75) is 69.9 Å². The van der Waals surface area contributed by atoms with Gasteiger partial charge in [0.2, 0.25) is 11.8 Å². The predicted octanol–water partition coefficient (Wildman–Crippen LogP) is 2.08. The van der Waals surface area contributed by atoms with Gasteiger partial charge in [-0.15, -0.1) is 0 Å². The predicted molar refractivity (Wildman–Crippen MR) is 81.9 cm³/mol. The molecule has 22 heavy (non-hydrogen) atoms. The van der Waals surface area contributed by atoms with Crippen molar-refractivity contribution in [2.24, 2.45) is 23.2 Å². The monoisotopic (exact) mass is 302 g/mol. The fraction of sp³-hybridized carbons (Fsp3) is 0.889. The van der Waals surface area contributed by atoms with Crippen molar-refractivity contribution in [1.82, 2.24) is 10.2 Å². The highest BCUT2D eigenvalue weighted by Gasteiger charge is 2.55. The van der Waals surface area contributed by atoms with Gasteiger partial charge in [-0.05, 0) is 69.1 Å². The van der Waals surface area contributed by atoms with Gasteiger partial charge in [-0.3, -0.25) is 9.59 Å². The lowest BCUT2D eigenvalue weighted by Gasteiger charge is -2.55. The third kappa shape index (κ3) is 2.02. The number of nitrogens with zero attached hydrogens (tertiary/aromatic N) is 1. The largest absolute Gasteiger partial charge is 0.351 e. The second-order valence-corrected chi connectivity index (χ2v) is 8.85. The van der Waals surface area contributed by atoms with Crippen molar-refractivity contribution in [3.8, 4) is 0 Å². The van der Waals surface area contributed by atoms with Gasteiger partial charge in [0.15, 0.2) is 0 Å². The van der Waals surface area contributed by atoms with Crippen LogP contribution in [0.1, 0.15) is 57.8 Å². The molecule has 1 N–H and O–H groups in total. The van der Waals surface area contributed by atoms with Gasteiger partial charge in [0, 0.05) is 24.4 Å². The van der Waals surface area contributed by atoms with Crippen molar-refractivity contribution in [1.29, 1.82) is 0 Å². The van der Waals surface area contributed by atoms with Gasteiger partial charge in [0.25, 0.3) is 0 Å². The molecule has 4 bridgehead atoms. The Labute approximate surface area is 132 Å². The Bertz CT molecular complexity index is 490. The highest BCUT2D eigenvalue weighted by molar-refractivity contribution is 5.86. The molecule has 6 rings (SSSR count). The molecule has 0 aromatic heterocycles. The molecular weight excluding hydrogens is 276 g/mol. The van der Waals surface area contributed by atoms with Crippen LogP contribution in [0, 0.1) is 23.2 Å². The Morgan fingerprint density at radius 3 is 2.18 bits per heavy atom. The number of carbonyl (C=O) groups excluding carboxylic acids is 2. The fourth-order valence-corrected chi connectivity index (χ4v) is 6.29. The fourth-order valence-electron chi connectivity index (χ4n) is 6.29. The first kappa shape index (κ1) is 13.4. The number of nitrogens with one attached hydrogen (secondary N) is 1. The van der Waals surface area contributed by atoms with Crippen LogP contribution in [0.4, 0.5) is 0 Å². The summed E-state index contributed by atoms with van der Waals surface area (Å²) in [6, 6.07) is 0.544. The minimum atomic E-state index is -0.0786. The SMILES string of the molecule is O=C1CC(NC(=O)C23CC4CC(CC(C4)C2)C3)CN1C1CC1. The van der Waals surface area contributed by atoms with Gasteiger partial charge < -0.3 is 10.2 Å². The molecule has 5 aliphatic carbocycles. The summed E-state index contributed by atoms with van der Waals surface area (Å²) in [5, 5.41) is 3.28. The molecule has 0 aromatic carbocycles. The highest BCUT2D eigenvalue weighted by Crippen LogP contribution is 2.60. The van der Waals surface area contributed by atoms with Gasteiger partial charge in [0.05, 0.1) is 6.04 Å².